The number of H-pyrrole nitrogens is 1. The molecule has 1 amide bonds. The van der Waals surface area contributed by atoms with Crippen LogP contribution in [0, 0.1) is 0 Å². The third-order valence-corrected chi connectivity index (χ3v) is 3.40. The Hall–Kier alpha value is -1.58. The second kappa shape index (κ2) is 4.12. The van der Waals surface area contributed by atoms with Crippen LogP contribution >= 0.6 is 0 Å². The first kappa shape index (κ1) is 10.9. The molecule has 1 fully saturated rings. The molecule has 1 heterocycles. The van der Waals surface area contributed by atoms with Gasteiger partial charge in [-0.25, -0.2) is 0 Å². The number of carbonyl (C=O) groups excluding carboxylic acids is 1. The van der Waals surface area contributed by atoms with Crippen LogP contribution in [0.15, 0.2) is 23.1 Å². The molecule has 0 aliphatic heterocycles. The van der Waals surface area contributed by atoms with E-state index in [2.05, 4.69) is 17.2 Å². The van der Waals surface area contributed by atoms with E-state index < -0.39 is 0 Å². The van der Waals surface area contributed by atoms with Gasteiger partial charge in [0.15, 0.2) is 0 Å². The number of nitrogens with one attached hydrogen (secondary N) is 2. The molecule has 0 unspecified atom stereocenters. The Balaban J connectivity index is 2.11. The number of hydrogen-bond donors (Lipinski definition) is 2. The highest BCUT2D eigenvalue weighted by molar-refractivity contribution is 5.94. The first-order valence-corrected chi connectivity index (χ1v) is 5.66. The second-order valence-corrected chi connectivity index (χ2v) is 4.38. The topological polar surface area (TPSA) is 62.0 Å². The molecule has 4 heteroatoms. The van der Waals surface area contributed by atoms with Crippen LogP contribution in [-0.2, 0) is 0 Å². The molecule has 4 nitrogen and oxygen atoms in total. The molecule has 1 saturated carbocycles. The van der Waals surface area contributed by atoms with Crippen LogP contribution in [0.2, 0.25) is 0 Å². The van der Waals surface area contributed by atoms with Gasteiger partial charge in [0.25, 0.3) is 5.91 Å². The summed E-state index contributed by atoms with van der Waals surface area (Å²) in [6.07, 6.45) is 5.69. The molecule has 1 aromatic rings. The van der Waals surface area contributed by atoms with Crippen molar-refractivity contribution in [3.05, 3.63) is 34.2 Å². The van der Waals surface area contributed by atoms with Crippen molar-refractivity contribution in [3.63, 3.8) is 0 Å². The average molecular weight is 220 g/mol. The van der Waals surface area contributed by atoms with Gasteiger partial charge in [0.2, 0.25) is 5.56 Å². The Morgan fingerprint density at radius 3 is 2.81 bits per heavy atom. The zero-order valence-electron chi connectivity index (χ0n) is 9.38. The van der Waals surface area contributed by atoms with Crippen LogP contribution in [0.25, 0.3) is 0 Å². The molecule has 1 aliphatic carbocycles. The van der Waals surface area contributed by atoms with E-state index in [1.165, 1.54) is 18.7 Å². The maximum absolute atomic E-state index is 11.9. The minimum atomic E-state index is -0.244. The van der Waals surface area contributed by atoms with E-state index in [1.807, 2.05) is 0 Å². The van der Waals surface area contributed by atoms with Crippen molar-refractivity contribution in [1.29, 1.82) is 0 Å². The van der Waals surface area contributed by atoms with E-state index in [1.54, 1.807) is 6.07 Å². The molecular formula is C12H16N2O2. The van der Waals surface area contributed by atoms with Gasteiger partial charge in [-0.05, 0) is 31.7 Å². The molecule has 0 bridgehead atoms. The van der Waals surface area contributed by atoms with Crippen molar-refractivity contribution in [2.75, 3.05) is 0 Å². The van der Waals surface area contributed by atoms with Gasteiger partial charge >= 0.3 is 0 Å². The SMILES string of the molecule is CCC1(NC(=O)c2cc[nH]c(=O)c2)CCC1. The average Bonchev–Trinajstić information content (AvgIpc) is 2.23. The highest BCUT2D eigenvalue weighted by Gasteiger charge is 2.36. The predicted octanol–water partition coefficient (Wildman–Crippen LogP) is 1.44. The minimum Gasteiger partial charge on any atom is -0.347 e. The first-order chi connectivity index (χ1) is 7.65. The fraction of sp³-hybridized carbons (Fsp3) is 0.500. The summed E-state index contributed by atoms with van der Waals surface area (Å²) >= 11 is 0. The summed E-state index contributed by atoms with van der Waals surface area (Å²) in [5.41, 5.74) is 0.162. The zero-order valence-corrected chi connectivity index (χ0v) is 9.38. The lowest BCUT2D eigenvalue weighted by molar-refractivity contribution is 0.0820. The van der Waals surface area contributed by atoms with E-state index in [0.717, 1.165) is 19.3 Å². The Bertz CT molecular complexity index is 441. The minimum absolute atomic E-state index is 0.0281. The Labute approximate surface area is 94.1 Å². The predicted molar refractivity (Wildman–Crippen MR) is 61.4 cm³/mol. The number of carbonyl (C=O) groups is 1. The summed E-state index contributed by atoms with van der Waals surface area (Å²) in [6.45, 7) is 2.08. The van der Waals surface area contributed by atoms with Crippen molar-refractivity contribution >= 4 is 5.91 Å². The number of aromatic nitrogens is 1. The van der Waals surface area contributed by atoms with Crippen LogP contribution in [-0.4, -0.2) is 16.4 Å². The fourth-order valence-corrected chi connectivity index (χ4v) is 2.07. The lowest BCUT2D eigenvalue weighted by Crippen LogP contribution is -2.53. The summed E-state index contributed by atoms with van der Waals surface area (Å²) in [4.78, 5) is 25.5. The molecule has 1 aromatic heterocycles. The summed E-state index contributed by atoms with van der Waals surface area (Å²) < 4.78 is 0. The molecule has 0 saturated heterocycles. The van der Waals surface area contributed by atoms with Gasteiger partial charge in [-0.3, -0.25) is 9.59 Å². The van der Waals surface area contributed by atoms with Crippen molar-refractivity contribution < 1.29 is 4.79 Å². The van der Waals surface area contributed by atoms with Crippen LogP contribution in [0.1, 0.15) is 43.0 Å². The summed E-state index contributed by atoms with van der Waals surface area (Å²) in [5, 5.41) is 3.03. The molecule has 0 spiro atoms. The van der Waals surface area contributed by atoms with Crippen molar-refractivity contribution in [2.24, 2.45) is 0 Å². The van der Waals surface area contributed by atoms with Gasteiger partial charge in [0.1, 0.15) is 0 Å². The quantitative estimate of drug-likeness (QED) is 0.809. The number of amides is 1. The normalized spacial score (nSPS) is 17.6. The molecule has 1 aliphatic rings. The van der Waals surface area contributed by atoms with Gasteiger partial charge in [-0.1, -0.05) is 6.92 Å². The highest BCUT2D eigenvalue weighted by Crippen LogP contribution is 2.34. The summed E-state index contributed by atoms with van der Waals surface area (Å²) in [5.74, 6) is -0.146. The smallest absolute Gasteiger partial charge is 0.251 e. The molecular weight excluding hydrogens is 204 g/mol. The number of aromatic amines is 1. The Kier molecular flexibility index (Phi) is 2.81. The Morgan fingerprint density at radius 1 is 1.56 bits per heavy atom. The second-order valence-electron chi connectivity index (χ2n) is 4.38. The standard InChI is InChI=1S/C12H16N2O2/c1-2-12(5-3-6-12)14-11(16)9-4-7-13-10(15)8-9/h4,7-8H,2-3,5-6H2,1H3,(H,13,15)(H,14,16). The van der Waals surface area contributed by atoms with Crippen LogP contribution in [0.4, 0.5) is 0 Å². The lowest BCUT2D eigenvalue weighted by atomic mass is 9.74. The van der Waals surface area contributed by atoms with Crippen molar-refractivity contribution in [1.82, 2.24) is 10.3 Å². The molecule has 16 heavy (non-hydrogen) atoms. The molecule has 0 radical (unpaired) electrons. The maximum atomic E-state index is 11.9. The number of pyridine rings is 1. The third-order valence-electron chi connectivity index (χ3n) is 3.40. The largest absolute Gasteiger partial charge is 0.347 e. The van der Waals surface area contributed by atoms with Gasteiger partial charge in [0, 0.05) is 23.4 Å². The molecule has 2 N–H and O–H groups in total. The van der Waals surface area contributed by atoms with Crippen molar-refractivity contribution in [2.45, 2.75) is 38.1 Å². The maximum Gasteiger partial charge on any atom is 0.251 e. The highest BCUT2D eigenvalue weighted by atomic mass is 16.2. The van der Waals surface area contributed by atoms with E-state index in [9.17, 15) is 9.59 Å². The van der Waals surface area contributed by atoms with Gasteiger partial charge in [-0.2, -0.15) is 0 Å². The number of rotatable bonds is 3. The molecule has 0 aromatic carbocycles. The van der Waals surface area contributed by atoms with E-state index in [0.29, 0.717) is 5.56 Å². The zero-order chi connectivity index (χ0) is 11.6. The molecule has 86 valence electrons. The van der Waals surface area contributed by atoms with E-state index in [-0.39, 0.29) is 17.0 Å². The Morgan fingerprint density at radius 2 is 2.31 bits per heavy atom. The van der Waals surface area contributed by atoms with E-state index >= 15 is 0 Å². The lowest BCUT2D eigenvalue weighted by Gasteiger charge is -2.42. The summed E-state index contributed by atoms with van der Waals surface area (Å²) in [6, 6.07) is 2.95. The monoisotopic (exact) mass is 220 g/mol. The fourth-order valence-electron chi connectivity index (χ4n) is 2.07. The van der Waals surface area contributed by atoms with E-state index in [4.69, 9.17) is 0 Å². The van der Waals surface area contributed by atoms with Gasteiger partial charge in [0.05, 0.1) is 0 Å². The van der Waals surface area contributed by atoms with Gasteiger partial charge in [-0.15, -0.1) is 0 Å². The first-order valence-electron chi connectivity index (χ1n) is 5.66. The molecule has 0 atom stereocenters. The van der Waals surface area contributed by atoms with Crippen LogP contribution in [0.3, 0.4) is 0 Å². The number of hydrogen-bond acceptors (Lipinski definition) is 2. The van der Waals surface area contributed by atoms with Crippen LogP contribution in [0.5, 0.6) is 0 Å². The van der Waals surface area contributed by atoms with Gasteiger partial charge < -0.3 is 10.3 Å². The third kappa shape index (κ3) is 2.01. The van der Waals surface area contributed by atoms with Crippen LogP contribution < -0.4 is 10.9 Å². The molecule has 2 rings (SSSR count). The van der Waals surface area contributed by atoms with Crippen molar-refractivity contribution in [3.8, 4) is 0 Å². The summed E-state index contributed by atoms with van der Waals surface area (Å²) in [7, 11) is 0.